The smallest absolute Gasteiger partial charge is 0.0719 e. The van der Waals surface area contributed by atoms with E-state index in [-0.39, 0.29) is 0 Å². The zero-order chi connectivity index (χ0) is 12.8. The van der Waals surface area contributed by atoms with Crippen LogP contribution in [0.25, 0.3) is 0 Å². The highest BCUT2D eigenvalue weighted by Gasteiger charge is 1.97. The second kappa shape index (κ2) is 6.50. The minimum atomic E-state index is 0.732. The molecule has 1 heterocycles. The Morgan fingerprint density at radius 3 is 2.67 bits per heavy atom. The molecule has 4 heteroatoms. The van der Waals surface area contributed by atoms with E-state index in [2.05, 4.69) is 36.3 Å². The van der Waals surface area contributed by atoms with Gasteiger partial charge >= 0.3 is 0 Å². The molecule has 2 rings (SSSR count). The summed E-state index contributed by atoms with van der Waals surface area (Å²) in [5.74, 6) is 1.13. The van der Waals surface area contributed by atoms with Gasteiger partial charge in [-0.2, -0.15) is 5.10 Å². The molecule has 1 aromatic carbocycles. The molecule has 2 aromatic rings. The van der Waals surface area contributed by atoms with E-state index in [0.29, 0.717) is 0 Å². The molecule has 1 aromatic heterocycles. The standard InChI is InChI=1S/C14H19N3S/c1-2-18-14-7-5-12(6-8-14)4-3-9-17-11-13(15)10-16-17/h5-8,10-11H,2-4,9,15H2,1H3. The van der Waals surface area contributed by atoms with E-state index >= 15 is 0 Å². The van der Waals surface area contributed by atoms with Gasteiger partial charge in [0.25, 0.3) is 0 Å². The molecule has 0 unspecified atom stereocenters. The summed E-state index contributed by atoms with van der Waals surface area (Å²) >= 11 is 1.88. The molecule has 0 radical (unpaired) electrons. The monoisotopic (exact) mass is 261 g/mol. The molecular weight excluding hydrogens is 242 g/mol. The van der Waals surface area contributed by atoms with Crippen molar-refractivity contribution in [3.8, 4) is 0 Å². The topological polar surface area (TPSA) is 43.8 Å². The Balaban J connectivity index is 1.79. The lowest BCUT2D eigenvalue weighted by atomic mass is 10.1. The highest BCUT2D eigenvalue weighted by molar-refractivity contribution is 7.99. The average molecular weight is 261 g/mol. The van der Waals surface area contributed by atoms with Crippen LogP contribution in [-0.2, 0) is 13.0 Å². The van der Waals surface area contributed by atoms with Crippen LogP contribution in [0.4, 0.5) is 5.69 Å². The number of nitrogens with two attached hydrogens (primary N) is 1. The van der Waals surface area contributed by atoms with E-state index in [0.717, 1.165) is 30.8 Å². The van der Waals surface area contributed by atoms with Gasteiger partial charge in [0, 0.05) is 17.6 Å². The van der Waals surface area contributed by atoms with Crippen LogP contribution in [0.2, 0.25) is 0 Å². The van der Waals surface area contributed by atoms with Crippen molar-refractivity contribution in [2.75, 3.05) is 11.5 Å². The zero-order valence-electron chi connectivity index (χ0n) is 10.7. The fourth-order valence-electron chi connectivity index (χ4n) is 1.87. The number of benzene rings is 1. The van der Waals surface area contributed by atoms with Gasteiger partial charge in [-0.15, -0.1) is 11.8 Å². The Hall–Kier alpha value is -1.42. The first-order valence-electron chi connectivity index (χ1n) is 6.27. The number of aryl methyl sites for hydroxylation is 2. The number of thioether (sulfide) groups is 1. The maximum absolute atomic E-state index is 5.62. The highest BCUT2D eigenvalue weighted by Crippen LogP contribution is 2.18. The summed E-state index contributed by atoms with van der Waals surface area (Å²) in [5, 5.41) is 4.17. The quantitative estimate of drug-likeness (QED) is 0.812. The third-order valence-corrected chi connectivity index (χ3v) is 3.63. The van der Waals surface area contributed by atoms with Gasteiger partial charge < -0.3 is 5.73 Å². The van der Waals surface area contributed by atoms with Crippen LogP contribution in [0.5, 0.6) is 0 Å². The zero-order valence-corrected chi connectivity index (χ0v) is 11.5. The van der Waals surface area contributed by atoms with Crippen molar-refractivity contribution < 1.29 is 0 Å². The predicted molar refractivity (Wildman–Crippen MR) is 77.8 cm³/mol. The molecular formula is C14H19N3S. The van der Waals surface area contributed by atoms with E-state index in [1.807, 2.05) is 22.6 Å². The molecule has 0 amide bonds. The maximum Gasteiger partial charge on any atom is 0.0719 e. The molecule has 18 heavy (non-hydrogen) atoms. The van der Waals surface area contributed by atoms with Crippen LogP contribution in [0.15, 0.2) is 41.6 Å². The minimum absolute atomic E-state index is 0.732. The normalized spacial score (nSPS) is 10.7. The molecule has 0 aliphatic rings. The number of rotatable bonds is 6. The lowest BCUT2D eigenvalue weighted by Crippen LogP contribution is -1.99. The Morgan fingerprint density at radius 2 is 2.06 bits per heavy atom. The summed E-state index contributed by atoms with van der Waals surface area (Å²) in [4.78, 5) is 1.35. The van der Waals surface area contributed by atoms with Crippen molar-refractivity contribution in [2.45, 2.75) is 31.2 Å². The largest absolute Gasteiger partial charge is 0.396 e. The van der Waals surface area contributed by atoms with E-state index in [1.54, 1.807) is 6.20 Å². The van der Waals surface area contributed by atoms with Gasteiger partial charge in [0.15, 0.2) is 0 Å². The lowest BCUT2D eigenvalue weighted by molar-refractivity contribution is 0.579. The number of aromatic nitrogens is 2. The Labute approximate surface area is 112 Å². The van der Waals surface area contributed by atoms with Gasteiger partial charge in [-0.1, -0.05) is 19.1 Å². The highest BCUT2D eigenvalue weighted by atomic mass is 32.2. The van der Waals surface area contributed by atoms with Crippen LogP contribution in [0.3, 0.4) is 0 Å². The molecule has 0 aliphatic carbocycles. The van der Waals surface area contributed by atoms with E-state index < -0.39 is 0 Å². The number of hydrogen-bond donors (Lipinski definition) is 1. The third-order valence-electron chi connectivity index (χ3n) is 2.74. The first-order chi connectivity index (χ1) is 8.78. The van der Waals surface area contributed by atoms with Crippen LogP contribution < -0.4 is 5.73 Å². The Bertz CT molecular complexity index is 476. The van der Waals surface area contributed by atoms with Crippen LogP contribution in [-0.4, -0.2) is 15.5 Å². The Kier molecular flexibility index (Phi) is 4.70. The van der Waals surface area contributed by atoms with Gasteiger partial charge in [-0.3, -0.25) is 4.68 Å². The molecule has 0 saturated heterocycles. The summed E-state index contributed by atoms with van der Waals surface area (Å²) in [6.07, 6.45) is 5.73. The van der Waals surface area contributed by atoms with Gasteiger partial charge in [-0.05, 0) is 36.3 Å². The lowest BCUT2D eigenvalue weighted by Gasteiger charge is -2.04. The summed E-state index contributed by atoms with van der Waals surface area (Å²) in [7, 11) is 0. The fraction of sp³-hybridized carbons (Fsp3) is 0.357. The van der Waals surface area contributed by atoms with Gasteiger partial charge in [0.05, 0.1) is 11.9 Å². The summed E-state index contributed by atoms with van der Waals surface area (Å²) < 4.78 is 1.90. The van der Waals surface area contributed by atoms with Crippen molar-refractivity contribution in [2.24, 2.45) is 0 Å². The molecule has 2 N–H and O–H groups in total. The van der Waals surface area contributed by atoms with Crippen molar-refractivity contribution in [3.05, 3.63) is 42.2 Å². The van der Waals surface area contributed by atoms with E-state index in [4.69, 9.17) is 5.73 Å². The number of anilines is 1. The number of nitrogen functional groups attached to an aromatic ring is 1. The van der Waals surface area contributed by atoms with E-state index in [9.17, 15) is 0 Å². The van der Waals surface area contributed by atoms with E-state index in [1.165, 1.54) is 10.5 Å². The van der Waals surface area contributed by atoms with Crippen molar-refractivity contribution >= 4 is 17.4 Å². The van der Waals surface area contributed by atoms with Crippen LogP contribution in [0, 0.1) is 0 Å². The third kappa shape index (κ3) is 3.81. The molecule has 0 fully saturated rings. The first kappa shape index (κ1) is 13.0. The summed E-state index contributed by atoms with van der Waals surface area (Å²) in [6, 6.07) is 8.84. The van der Waals surface area contributed by atoms with Gasteiger partial charge in [-0.25, -0.2) is 0 Å². The number of hydrogen-bond acceptors (Lipinski definition) is 3. The van der Waals surface area contributed by atoms with Crippen LogP contribution in [0.1, 0.15) is 18.9 Å². The van der Waals surface area contributed by atoms with Crippen molar-refractivity contribution in [3.63, 3.8) is 0 Å². The molecule has 0 bridgehead atoms. The fourth-order valence-corrected chi connectivity index (χ4v) is 2.53. The average Bonchev–Trinajstić information content (AvgIpc) is 2.78. The molecule has 0 spiro atoms. The van der Waals surface area contributed by atoms with Crippen LogP contribution >= 0.6 is 11.8 Å². The maximum atomic E-state index is 5.62. The second-order valence-electron chi connectivity index (χ2n) is 4.22. The molecule has 0 aliphatic heterocycles. The predicted octanol–water partition coefficient (Wildman–Crippen LogP) is 3.21. The van der Waals surface area contributed by atoms with Crippen molar-refractivity contribution in [1.29, 1.82) is 0 Å². The van der Waals surface area contributed by atoms with Gasteiger partial charge in [0.2, 0.25) is 0 Å². The SMILES string of the molecule is CCSc1ccc(CCCn2cc(N)cn2)cc1. The Morgan fingerprint density at radius 1 is 1.28 bits per heavy atom. The molecule has 96 valence electrons. The molecule has 3 nitrogen and oxygen atoms in total. The molecule has 0 atom stereocenters. The van der Waals surface area contributed by atoms with Crippen molar-refractivity contribution in [1.82, 2.24) is 9.78 Å². The second-order valence-corrected chi connectivity index (χ2v) is 5.55. The summed E-state index contributed by atoms with van der Waals surface area (Å²) in [6.45, 7) is 3.09. The first-order valence-corrected chi connectivity index (χ1v) is 7.26. The number of nitrogens with zero attached hydrogens (tertiary/aromatic N) is 2. The minimum Gasteiger partial charge on any atom is -0.396 e. The molecule has 0 saturated carbocycles. The van der Waals surface area contributed by atoms with Gasteiger partial charge in [0.1, 0.15) is 0 Å². The summed E-state index contributed by atoms with van der Waals surface area (Å²) in [5.41, 5.74) is 7.74.